The van der Waals surface area contributed by atoms with Gasteiger partial charge in [-0.15, -0.1) is 0 Å². The van der Waals surface area contributed by atoms with Crippen LogP contribution in [0.4, 0.5) is 22.9 Å². The van der Waals surface area contributed by atoms with Crippen molar-refractivity contribution in [2.24, 2.45) is 4.99 Å². The van der Waals surface area contributed by atoms with Gasteiger partial charge in [0.1, 0.15) is 11.6 Å². The van der Waals surface area contributed by atoms with E-state index in [9.17, 15) is 0 Å². The second kappa shape index (κ2) is 16.7. The maximum atomic E-state index is 5.08. The molecule has 10 aromatic carbocycles. The third kappa shape index (κ3) is 6.84. The number of aromatic nitrogens is 1. The highest BCUT2D eigenvalue weighted by molar-refractivity contribution is 6.10. The van der Waals surface area contributed by atoms with Crippen LogP contribution in [0.2, 0.25) is 0 Å². The lowest BCUT2D eigenvalue weighted by Gasteiger charge is -2.33. The number of anilines is 4. The normalized spacial score (nSPS) is 14.4. The molecule has 1 atom stereocenters. The van der Waals surface area contributed by atoms with Gasteiger partial charge in [0.05, 0.1) is 17.4 Å². The van der Waals surface area contributed by atoms with Gasteiger partial charge in [0.25, 0.3) is 0 Å². The summed E-state index contributed by atoms with van der Waals surface area (Å²) in [6.45, 7) is 0. The molecule has 0 saturated carbocycles. The number of pyridine rings is 1. The fourth-order valence-corrected chi connectivity index (χ4v) is 10.9. The molecule has 0 N–H and O–H groups in total. The molecule has 0 amide bonds. The van der Waals surface area contributed by atoms with Crippen molar-refractivity contribution in [3.05, 3.63) is 235 Å². The van der Waals surface area contributed by atoms with Gasteiger partial charge in [0, 0.05) is 28.9 Å². The van der Waals surface area contributed by atoms with Crippen molar-refractivity contribution in [2.75, 3.05) is 9.80 Å². The summed E-state index contributed by atoms with van der Waals surface area (Å²) in [6, 6.07) is 75.4. The first-order chi connectivity index (χ1) is 33.7. The Morgan fingerprint density at radius 3 is 1.69 bits per heavy atom. The molecular formula is C64H46N4. The lowest BCUT2D eigenvalue weighted by molar-refractivity contribution is 0.827. The van der Waals surface area contributed by atoms with E-state index in [0.29, 0.717) is 0 Å². The van der Waals surface area contributed by atoms with Crippen molar-refractivity contribution in [2.45, 2.75) is 25.3 Å². The molecule has 0 radical (unpaired) electrons. The molecule has 2 heterocycles. The number of aliphatic imine (C=N–C) groups is 1. The number of fused-ring (bicyclic) bond motifs is 6. The Kier molecular flexibility index (Phi) is 9.75. The Morgan fingerprint density at radius 2 is 1.03 bits per heavy atom. The molecule has 68 heavy (non-hydrogen) atoms. The summed E-state index contributed by atoms with van der Waals surface area (Å²) >= 11 is 0. The fraction of sp³-hybridized carbons (Fsp3) is 0.0625. The van der Waals surface area contributed by atoms with Gasteiger partial charge >= 0.3 is 0 Å². The van der Waals surface area contributed by atoms with E-state index in [-0.39, 0.29) is 6.04 Å². The van der Waals surface area contributed by atoms with Gasteiger partial charge in [-0.05, 0) is 150 Å². The second-order valence-electron chi connectivity index (χ2n) is 17.9. The third-order valence-corrected chi connectivity index (χ3v) is 14.0. The maximum absolute atomic E-state index is 5.08. The second-order valence-corrected chi connectivity index (χ2v) is 17.9. The zero-order valence-electron chi connectivity index (χ0n) is 37.5. The highest BCUT2D eigenvalue weighted by atomic mass is 15.2. The molecule has 1 aliphatic heterocycles. The summed E-state index contributed by atoms with van der Waals surface area (Å²) in [5, 5.41) is 14.5. The van der Waals surface area contributed by atoms with E-state index in [0.717, 1.165) is 48.0 Å². The predicted octanol–water partition coefficient (Wildman–Crippen LogP) is 15.2. The fourth-order valence-electron chi connectivity index (χ4n) is 10.9. The summed E-state index contributed by atoms with van der Waals surface area (Å²) in [5.74, 6) is 1.86. The molecule has 1 aliphatic carbocycles. The molecule has 0 bridgehead atoms. The molecule has 1 unspecified atom stereocenters. The Labute approximate surface area is 395 Å². The maximum Gasteiger partial charge on any atom is 0.133 e. The number of hydrogen-bond donors (Lipinski definition) is 0. The third-order valence-electron chi connectivity index (χ3n) is 14.0. The zero-order valence-corrected chi connectivity index (χ0v) is 37.5. The van der Waals surface area contributed by atoms with Crippen molar-refractivity contribution in [3.8, 4) is 22.3 Å². The molecule has 0 saturated heterocycles. The topological polar surface area (TPSA) is 31.7 Å². The average molecular weight is 871 g/mol. The molecule has 11 aromatic rings. The van der Waals surface area contributed by atoms with E-state index < -0.39 is 0 Å². The summed E-state index contributed by atoms with van der Waals surface area (Å²) < 4.78 is 0. The summed E-state index contributed by atoms with van der Waals surface area (Å²) in [6.07, 6.45) is 14.0. The quantitative estimate of drug-likeness (QED) is 0.152. The molecule has 4 heteroatoms. The Balaban J connectivity index is 1.14. The van der Waals surface area contributed by atoms with E-state index in [4.69, 9.17) is 9.98 Å². The van der Waals surface area contributed by atoms with Gasteiger partial charge in [-0.3, -0.25) is 4.90 Å². The first-order valence-electron chi connectivity index (χ1n) is 23.7. The minimum atomic E-state index is -0.0402. The minimum Gasteiger partial charge on any atom is -0.319 e. The number of nitrogens with zero attached hydrogens (tertiary/aromatic N) is 4. The van der Waals surface area contributed by atoms with Crippen LogP contribution in [0.15, 0.2) is 229 Å². The van der Waals surface area contributed by atoms with E-state index in [2.05, 4.69) is 234 Å². The van der Waals surface area contributed by atoms with Gasteiger partial charge < -0.3 is 4.90 Å². The van der Waals surface area contributed by atoms with Crippen molar-refractivity contribution in [1.29, 1.82) is 0 Å². The molecule has 4 nitrogen and oxygen atoms in total. The SMILES string of the molecule is C1=NC(N(c2ccc3c(-c4ccc5ccccc5c4)c4c(c(-c5ccc6ccccc6c5)c3c2)=CCC(N(c2ccccn2)c2cccc3ccccc23)C=4)c2cccc3ccccc23)=CCC1. The van der Waals surface area contributed by atoms with E-state index in [1.165, 1.54) is 86.6 Å². The van der Waals surface area contributed by atoms with Crippen molar-refractivity contribution in [1.82, 2.24) is 4.98 Å². The highest BCUT2D eigenvalue weighted by Gasteiger charge is 2.27. The summed E-state index contributed by atoms with van der Waals surface area (Å²) in [4.78, 5) is 14.9. The molecule has 0 spiro atoms. The number of rotatable bonds is 8. The largest absolute Gasteiger partial charge is 0.319 e. The standard InChI is InChI=1S/C64H46N4/c1-3-19-47-39-49(31-29-43(47)15-1)63-55-35-33-52(68(62-28-10-12-38-66-62)60-26-14-22-46-18-6-8-24-54(46)60)42-58(55)64(50-32-30-44-16-2-4-20-48(44)40-50)56-36-34-51(41-57(56)63)67(61-27-9-11-37-65-61)59-25-13-21-45-17-5-7-23-53(45)59/h1-9,11,13-33,35-42,51H,10,12,34H2. The van der Waals surface area contributed by atoms with Gasteiger partial charge in [0.15, 0.2) is 0 Å². The number of benzene rings is 10. The smallest absolute Gasteiger partial charge is 0.133 e. The van der Waals surface area contributed by atoms with Gasteiger partial charge in [-0.1, -0.05) is 170 Å². The van der Waals surface area contributed by atoms with Crippen LogP contribution in [0.3, 0.4) is 0 Å². The van der Waals surface area contributed by atoms with Crippen LogP contribution in [0, 0.1) is 0 Å². The molecule has 2 aliphatic rings. The predicted molar refractivity (Wildman–Crippen MR) is 289 cm³/mol. The summed E-state index contributed by atoms with van der Waals surface area (Å²) in [5.41, 5.74) is 8.16. The lowest BCUT2D eigenvalue weighted by Crippen LogP contribution is -2.40. The number of hydrogen-bond acceptors (Lipinski definition) is 4. The molecule has 0 fully saturated rings. The van der Waals surface area contributed by atoms with Crippen LogP contribution in [0.5, 0.6) is 0 Å². The van der Waals surface area contributed by atoms with Crippen LogP contribution < -0.4 is 20.2 Å². The van der Waals surface area contributed by atoms with Crippen LogP contribution in [0.1, 0.15) is 19.3 Å². The van der Waals surface area contributed by atoms with Gasteiger partial charge in [-0.25, -0.2) is 9.98 Å². The van der Waals surface area contributed by atoms with Crippen molar-refractivity contribution >= 4 is 95.1 Å². The van der Waals surface area contributed by atoms with Gasteiger partial charge in [-0.2, -0.15) is 0 Å². The van der Waals surface area contributed by atoms with Crippen LogP contribution in [-0.2, 0) is 0 Å². The monoisotopic (exact) mass is 870 g/mol. The molecule has 322 valence electrons. The van der Waals surface area contributed by atoms with Crippen LogP contribution in [-0.4, -0.2) is 17.2 Å². The van der Waals surface area contributed by atoms with Crippen molar-refractivity contribution in [3.63, 3.8) is 0 Å². The molecule has 13 rings (SSSR count). The Hall–Kier alpha value is -8.60. The highest BCUT2D eigenvalue weighted by Crippen LogP contribution is 2.42. The zero-order chi connectivity index (χ0) is 45.0. The minimum absolute atomic E-state index is 0.0402. The van der Waals surface area contributed by atoms with E-state index in [1.54, 1.807) is 0 Å². The first-order valence-corrected chi connectivity index (χ1v) is 23.7. The van der Waals surface area contributed by atoms with Crippen molar-refractivity contribution < 1.29 is 0 Å². The Bertz CT molecular complexity index is 3970. The van der Waals surface area contributed by atoms with E-state index in [1.807, 2.05) is 12.3 Å². The Morgan fingerprint density at radius 1 is 0.426 bits per heavy atom. The van der Waals surface area contributed by atoms with Crippen LogP contribution >= 0.6 is 0 Å². The average Bonchev–Trinajstić information content (AvgIpc) is 3.41. The van der Waals surface area contributed by atoms with Crippen LogP contribution in [0.25, 0.3) is 88.3 Å². The van der Waals surface area contributed by atoms with Gasteiger partial charge in [0.2, 0.25) is 0 Å². The molecule has 1 aromatic heterocycles. The first kappa shape index (κ1) is 39.7. The number of allylic oxidation sites excluding steroid dienone is 1. The summed E-state index contributed by atoms with van der Waals surface area (Å²) in [7, 11) is 0. The van der Waals surface area contributed by atoms with E-state index >= 15 is 0 Å². The lowest BCUT2D eigenvalue weighted by atomic mass is 9.84. The molecular weight excluding hydrogens is 825 g/mol.